The Morgan fingerprint density at radius 1 is 0.738 bits per heavy atom. The van der Waals surface area contributed by atoms with Gasteiger partial charge in [0.05, 0.1) is 26.6 Å². The Hall–Kier alpha value is -4.40. The SMILES string of the molecule is CCn1c(=O)cc(Cl)c2cc(C(=O)N(C)c3ccc(C)cc3)ccc21.CCn1c(=O)cc(Cl)c2cc(C(=O)O)ccc21. The van der Waals surface area contributed by atoms with Crippen molar-refractivity contribution in [3.05, 3.63) is 120 Å². The molecule has 1 N–H and O–H groups in total. The van der Waals surface area contributed by atoms with Gasteiger partial charge in [0.2, 0.25) is 0 Å². The van der Waals surface area contributed by atoms with Gasteiger partial charge in [0, 0.05) is 54.3 Å². The highest BCUT2D eigenvalue weighted by molar-refractivity contribution is 6.36. The first kappa shape index (κ1) is 30.6. The number of hydrogen-bond donors (Lipinski definition) is 1. The number of carbonyl (C=O) groups is 2. The molecule has 5 rings (SSSR count). The molecule has 0 saturated heterocycles. The van der Waals surface area contributed by atoms with Gasteiger partial charge in [-0.15, -0.1) is 0 Å². The molecule has 216 valence electrons. The van der Waals surface area contributed by atoms with Crippen LogP contribution in [0.4, 0.5) is 5.69 Å². The standard InChI is InChI=1S/C20H19ClN2O2.C12H10ClNO3/c1-4-23-18-10-7-14(11-16(18)17(21)12-19(23)24)20(25)22(3)15-8-5-13(2)6-9-15;1-2-14-10-4-3-7(12(16)17)5-8(10)9(13)6-11(14)15/h5-12H,4H2,1-3H3;3-6H,2H2,1H3,(H,16,17). The number of aromatic nitrogens is 2. The molecule has 0 radical (unpaired) electrons. The molecule has 0 atom stereocenters. The summed E-state index contributed by atoms with van der Waals surface area (Å²) in [6, 6.07) is 20.3. The fourth-order valence-electron chi connectivity index (χ4n) is 4.69. The van der Waals surface area contributed by atoms with Gasteiger partial charge < -0.3 is 19.1 Å². The maximum atomic E-state index is 12.8. The Kier molecular flexibility index (Phi) is 9.19. The number of carbonyl (C=O) groups excluding carboxylic acids is 1. The van der Waals surface area contributed by atoms with Crippen LogP contribution in [0.25, 0.3) is 21.8 Å². The maximum Gasteiger partial charge on any atom is 0.335 e. The van der Waals surface area contributed by atoms with Gasteiger partial charge in [-0.2, -0.15) is 0 Å². The topological polar surface area (TPSA) is 102 Å². The summed E-state index contributed by atoms with van der Waals surface area (Å²) in [4.78, 5) is 49.0. The fourth-order valence-corrected chi connectivity index (χ4v) is 5.18. The third kappa shape index (κ3) is 6.10. The van der Waals surface area contributed by atoms with Crippen LogP contribution in [0.2, 0.25) is 10.0 Å². The van der Waals surface area contributed by atoms with Crippen LogP contribution in [0.3, 0.4) is 0 Å². The number of pyridine rings is 2. The molecule has 0 bridgehead atoms. The zero-order valence-corrected chi connectivity index (χ0v) is 25.0. The van der Waals surface area contributed by atoms with Gasteiger partial charge in [-0.1, -0.05) is 40.9 Å². The molecule has 2 heterocycles. The van der Waals surface area contributed by atoms with Gasteiger partial charge in [-0.3, -0.25) is 14.4 Å². The second kappa shape index (κ2) is 12.6. The predicted molar refractivity (Wildman–Crippen MR) is 169 cm³/mol. The molecular formula is C32H29Cl2N3O5. The van der Waals surface area contributed by atoms with E-state index in [-0.39, 0.29) is 27.6 Å². The van der Waals surface area contributed by atoms with Crippen LogP contribution >= 0.6 is 23.2 Å². The number of aromatic carboxylic acids is 1. The Labute approximate surface area is 252 Å². The summed E-state index contributed by atoms with van der Waals surface area (Å²) in [5.41, 5.74) is 3.69. The number of halogens is 2. The smallest absolute Gasteiger partial charge is 0.335 e. The second-order valence-corrected chi connectivity index (χ2v) is 10.4. The maximum absolute atomic E-state index is 12.8. The van der Waals surface area contributed by atoms with Crippen molar-refractivity contribution in [1.29, 1.82) is 0 Å². The molecule has 3 aromatic carbocycles. The summed E-state index contributed by atoms with van der Waals surface area (Å²) < 4.78 is 3.19. The van der Waals surface area contributed by atoms with Crippen LogP contribution in [-0.2, 0) is 13.1 Å². The first-order valence-electron chi connectivity index (χ1n) is 13.2. The van der Waals surface area contributed by atoms with Gasteiger partial charge >= 0.3 is 5.97 Å². The van der Waals surface area contributed by atoms with Crippen molar-refractivity contribution in [2.24, 2.45) is 0 Å². The van der Waals surface area contributed by atoms with E-state index in [1.165, 1.54) is 24.3 Å². The highest BCUT2D eigenvalue weighted by atomic mass is 35.5. The lowest BCUT2D eigenvalue weighted by Gasteiger charge is -2.18. The van der Waals surface area contributed by atoms with Crippen LogP contribution in [0, 0.1) is 6.92 Å². The van der Waals surface area contributed by atoms with E-state index in [0.29, 0.717) is 40.0 Å². The Morgan fingerprint density at radius 2 is 1.19 bits per heavy atom. The van der Waals surface area contributed by atoms with E-state index >= 15 is 0 Å². The normalized spacial score (nSPS) is 10.8. The lowest BCUT2D eigenvalue weighted by Crippen LogP contribution is -2.26. The minimum atomic E-state index is -1.02. The molecule has 2 aromatic heterocycles. The molecule has 0 saturated carbocycles. The summed E-state index contributed by atoms with van der Waals surface area (Å²) in [5.74, 6) is -1.15. The van der Waals surface area contributed by atoms with Crippen molar-refractivity contribution in [3.8, 4) is 0 Å². The van der Waals surface area contributed by atoms with Crippen LogP contribution in [0.1, 0.15) is 40.1 Å². The molecule has 0 aliphatic heterocycles. The highest BCUT2D eigenvalue weighted by Gasteiger charge is 2.16. The van der Waals surface area contributed by atoms with E-state index in [9.17, 15) is 19.2 Å². The first-order chi connectivity index (χ1) is 20.0. The van der Waals surface area contributed by atoms with E-state index < -0.39 is 5.97 Å². The molecule has 8 nitrogen and oxygen atoms in total. The largest absolute Gasteiger partial charge is 0.478 e. The molecule has 0 spiro atoms. The number of aryl methyl sites for hydroxylation is 3. The molecule has 0 unspecified atom stereocenters. The molecule has 42 heavy (non-hydrogen) atoms. The van der Waals surface area contributed by atoms with E-state index in [4.69, 9.17) is 28.3 Å². The number of amides is 1. The summed E-state index contributed by atoms with van der Waals surface area (Å²) in [5, 5.41) is 10.8. The van der Waals surface area contributed by atoms with Crippen molar-refractivity contribution in [3.63, 3.8) is 0 Å². The number of hydrogen-bond acceptors (Lipinski definition) is 4. The Balaban J connectivity index is 0.000000208. The average Bonchev–Trinajstić information content (AvgIpc) is 2.97. The monoisotopic (exact) mass is 605 g/mol. The van der Waals surface area contributed by atoms with E-state index in [1.807, 2.05) is 45.0 Å². The number of fused-ring (bicyclic) bond motifs is 2. The number of carboxylic acids is 1. The van der Waals surface area contributed by atoms with Gasteiger partial charge in [0.15, 0.2) is 0 Å². The van der Waals surface area contributed by atoms with Gasteiger partial charge in [0.25, 0.3) is 17.0 Å². The molecule has 5 aromatic rings. The first-order valence-corrected chi connectivity index (χ1v) is 14.0. The summed E-state index contributed by atoms with van der Waals surface area (Å²) in [6.07, 6.45) is 0. The molecule has 0 aliphatic carbocycles. The van der Waals surface area contributed by atoms with E-state index in [2.05, 4.69) is 0 Å². The highest BCUT2D eigenvalue weighted by Crippen LogP contribution is 2.25. The van der Waals surface area contributed by atoms with Crippen molar-refractivity contribution in [1.82, 2.24) is 9.13 Å². The van der Waals surface area contributed by atoms with Crippen LogP contribution in [0.5, 0.6) is 0 Å². The minimum Gasteiger partial charge on any atom is -0.478 e. The zero-order chi connectivity index (χ0) is 30.7. The quantitative estimate of drug-likeness (QED) is 0.242. The number of anilines is 1. The van der Waals surface area contributed by atoms with Gasteiger partial charge in [-0.05, 0) is 69.3 Å². The minimum absolute atomic E-state index is 0.129. The Morgan fingerprint density at radius 3 is 1.64 bits per heavy atom. The number of nitrogens with zero attached hydrogens (tertiary/aromatic N) is 3. The fraction of sp³-hybridized carbons (Fsp3) is 0.188. The van der Waals surface area contributed by atoms with Crippen LogP contribution in [-0.4, -0.2) is 33.2 Å². The van der Waals surface area contributed by atoms with Crippen molar-refractivity contribution >= 4 is 62.6 Å². The summed E-state index contributed by atoms with van der Waals surface area (Å²) in [6.45, 7) is 6.81. The molecule has 10 heteroatoms. The van der Waals surface area contributed by atoms with Crippen molar-refractivity contribution in [2.75, 3.05) is 11.9 Å². The van der Waals surface area contributed by atoms with Crippen LogP contribution in [0.15, 0.2) is 82.4 Å². The lowest BCUT2D eigenvalue weighted by atomic mass is 10.1. The predicted octanol–water partition coefficient (Wildman–Crippen LogP) is 6.63. The van der Waals surface area contributed by atoms with Crippen molar-refractivity contribution < 1.29 is 14.7 Å². The Bertz CT molecular complexity index is 1950. The molecular weight excluding hydrogens is 577 g/mol. The van der Waals surface area contributed by atoms with Gasteiger partial charge in [0.1, 0.15) is 0 Å². The second-order valence-electron chi connectivity index (χ2n) is 9.62. The number of carboxylic acid groups (broad SMARTS) is 1. The molecule has 0 aliphatic rings. The third-order valence-electron chi connectivity index (χ3n) is 6.97. The number of rotatable bonds is 5. The van der Waals surface area contributed by atoms with Crippen molar-refractivity contribution in [2.45, 2.75) is 33.9 Å². The third-order valence-corrected chi connectivity index (χ3v) is 7.60. The van der Waals surface area contributed by atoms with E-state index in [0.717, 1.165) is 16.8 Å². The van der Waals surface area contributed by atoms with Crippen LogP contribution < -0.4 is 16.0 Å². The average molecular weight is 607 g/mol. The van der Waals surface area contributed by atoms with Gasteiger partial charge in [-0.25, -0.2) is 4.79 Å². The lowest BCUT2D eigenvalue weighted by molar-refractivity contribution is 0.0696. The number of benzene rings is 3. The zero-order valence-electron chi connectivity index (χ0n) is 23.5. The molecule has 0 fully saturated rings. The summed E-state index contributed by atoms with van der Waals surface area (Å²) >= 11 is 12.2. The van der Waals surface area contributed by atoms with E-state index in [1.54, 1.807) is 45.3 Å². The summed E-state index contributed by atoms with van der Waals surface area (Å²) in [7, 11) is 1.74. The molecule has 1 amide bonds.